The number of hydrogen-bond acceptors (Lipinski definition) is 6. The maximum atomic E-state index is 12.3. The van der Waals surface area contributed by atoms with E-state index in [1.165, 1.54) is 6.42 Å². The Hall–Kier alpha value is -2.61. The Morgan fingerprint density at radius 2 is 1.93 bits per heavy atom. The molecule has 1 aliphatic rings. The second kappa shape index (κ2) is 9.05. The van der Waals surface area contributed by atoms with Crippen LogP contribution in [-0.2, 0) is 6.54 Å². The second-order valence-electron chi connectivity index (χ2n) is 7.08. The van der Waals surface area contributed by atoms with Crippen molar-refractivity contribution in [3.05, 3.63) is 34.6 Å². The number of amides is 2. The Bertz CT molecular complexity index is 837. The van der Waals surface area contributed by atoms with E-state index in [-0.39, 0.29) is 12.6 Å². The van der Waals surface area contributed by atoms with Crippen LogP contribution in [0.25, 0.3) is 0 Å². The first-order valence-corrected chi connectivity index (χ1v) is 9.78. The van der Waals surface area contributed by atoms with E-state index in [9.17, 15) is 4.79 Å². The highest BCUT2D eigenvalue weighted by Crippen LogP contribution is 2.22. The van der Waals surface area contributed by atoms with Gasteiger partial charge in [0.05, 0.1) is 17.3 Å². The van der Waals surface area contributed by atoms with Crippen LogP contribution in [0.15, 0.2) is 18.2 Å². The van der Waals surface area contributed by atoms with E-state index in [1.54, 1.807) is 12.1 Å². The Morgan fingerprint density at radius 3 is 2.61 bits per heavy atom. The molecule has 28 heavy (non-hydrogen) atoms. The number of aromatic nitrogens is 3. The van der Waals surface area contributed by atoms with E-state index in [4.69, 9.17) is 11.6 Å². The summed E-state index contributed by atoms with van der Waals surface area (Å²) in [6.07, 6.45) is 3.50. The van der Waals surface area contributed by atoms with Gasteiger partial charge in [0.2, 0.25) is 11.9 Å². The molecule has 9 heteroatoms. The van der Waals surface area contributed by atoms with Crippen LogP contribution in [-0.4, -0.2) is 48.2 Å². The summed E-state index contributed by atoms with van der Waals surface area (Å²) in [7, 11) is 3.78. The zero-order chi connectivity index (χ0) is 20.1. The number of rotatable bonds is 5. The maximum Gasteiger partial charge on any atom is 0.319 e. The summed E-state index contributed by atoms with van der Waals surface area (Å²) in [6, 6.07) is 5.11. The van der Waals surface area contributed by atoms with Gasteiger partial charge < -0.3 is 20.4 Å². The molecule has 1 aromatic carbocycles. The van der Waals surface area contributed by atoms with Gasteiger partial charge in [0.25, 0.3) is 0 Å². The number of halogens is 1. The van der Waals surface area contributed by atoms with E-state index < -0.39 is 0 Å². The first kappa shape index (κ1) is 20.1. The monoisotopic (exact) mass is 403 g/mol. The van der Waals surface area contributed by atoms with Crippen LogP contribution in [0, 0.1) is 6.92 Å². The third-order valence-electron chi connectivity index (χ3n) is 4.48. The molecule has 1 saturated heterocycles. The lowest BCUT2D eigenvalue weighted by Gasteiger charge is -2.27. The molecule has 2 aromatic rings. The van der Waals surface area contributed by atoms with Crippen molar-refractivity contribution in [2.45, 2.75) is 32.7 Å². The molecule has 0 saturated carbocycles. The minimum absolute atomic E-state index is 0.194. The quantitative estimate of drug-likeness (QED) is 0.797. The normalized spacial score (nSPS) is 13.9. The highest BCUT2D eigenvalue weighted by atomic mass is 35.5. The van der Waals surface area contributed by atoms with Crippen LogP contribution >= 0.6 is 11.6 Å². The summed E-state index contributed by atoms with van der Waals surface area (Å²) in [5, 5.41) is 6.03. The average Bonchev–Trinajstić information content (AvgIpc) is 2.69. The molecule has 0 atom stereocenters. The van der Waals surface area contributed by atoms with Crippen LogP contribution in [0.2, 0.25) is 5.02 Å². The van der Waals surface area contributed by atoms with Crippen LogP contribution in [0.3, 0.4) is 0 Å². The molecule has 2 amide bonds. The Morgan fingerprint density at radius 1 is 1.18 bits per heavy atom. The standard InChI is InChI=1S/C19H26ClN7O/c1-13-7-8-15(14(20)11-13)22-19(28)21-12-16-23-17(26(2)3)25-18(24-16)27-9-5-4-6-10-27/h7-8,11H,4-6,9-10,12H2,1-3H3,(H2,21,22,28). The molecule has 2 N–H and O–H groups in total. The summed E-state index contributed by atoms with van der Waals surface area (Å²) in [4.78, 5) is 29.8. The summed E-state index contributed by atoms with van der Waals surface area (Å²) >= 11 is 6.17. The molecule has 0 aliphatic carbocycles. The van der Waals surface area contributed by atoms with Gasteiger partial charge in [-0.15, -0.1) is 0 Å². The smallest absolute Gasteiger partial charge is 0.319 e. The number of carbonyl (C=O) groups excluding carboxylic acids is 1. The number of nitrogens with one attached hydrogen (secondary N) is 2. The molecule has 3 rings (SSSR count). The van der Waals surface area contributed by atoms with Crippen molar-refractivity contribution in [2.75, 3.05) is 42.3 Å². The first-order chi connectivity index (χ1) is 13.4. The fraction of sp³-hybridized carbons (Fsp3) is 0.474. The Labute approximate surface area is 170 Å². The van der Waals surface area contributed by atoms with Gasteiger partial charge in [-0.25, -0.2) is 4.79 Å². The van der Waals surface area contributed by atoms with E-state index in [0.717, 1.165) is 31.5 Å². The van der Waals surface area contributed by atoms with Crippen molar-refractivity contribution in [2.24, 2.45) is 0 Å². The molecule has 0 bridgehead atoms. The number of urea groups is 1. The van der Waals surface area contributed by atoms with Gasteiger partial charge in [-0.2, -0.15) is 15.0 Å². The van der Waals surface area contributed by atoms with Gasteiger partial charge >= 0.3 is 6.03 Å². The summed E-state index contributed by atoms with van der Waals surface area (Å²) in [5.41, 5.74) is 1.59. The Kier molecular flexibility index (Phi) is 6.51. The van der Waals surface area contributed by atoms with Gasteiger partial charge in [0.15, 0.2) is 5.82 Å². The molecule has 0 unspecified atom stereocenters. The van der Waals surface area contributed by atoms with E-state index in [2.05, 4.69) is 30.5 Å². The van der Waals surface area contributed by atoms with E-state index in [1.807, 2.05) is 32.0 Å². The van der Waals surface area contributed by atoms with Crippen molar-refractivity contribution >= 4 is 35.2 Å². The van der Waals surface area contributed by atoms with Crippen molar-refractivity contribution in [3.8, 4) is 0 Å². The van der Waals surface area contributed by atoms with Crippen LogP contribution in [0.4, 0.5) is 22.4 Å². The molecule has 1 aromatic heterocycles. The molecule has 1 fully saturated rings. The highest BCUT2D eigenvalue weighted by molar-refractivity contribution is 6.33. The summed E-state index contributed by atoms with van der Waals surface area (Å²) < 4.78 is 0. The van der Waals surface area contributed by atoms with E-state index >= 15 is 0 Å². The third-order valence-corrected chi connectivity index (χ3v) is 4.79. The lowest BCUT2D eigenvalue weighted by molar-refractivity contribution is 0.251. The summed E-state index contributed by atoms with van der Waals surface area (Å²) in [5.74, 6) is 1.76. The van der Waals surface area contributed by atoms with Gasteiger partial charge in [0.1, 0.15) is 0 Å². The van der Waals surface area contributed by atoms with Crippen LogP contribution in [0.1, 0.15) is 30.7 Å². The fourth-order valence-electron chi connectivity index (χ4n) is 2.96. The fourth-order valence-corrected chi connectivity index (χ4v) is 3.24. The molecular weight excluding hydrogens is 378 g/mol. The predicted molar refractivity (Wildman–Crippen MR) is 112 cm³/mol. The Balaban J connectivity index is 1.68. The molecule has 0 radical (unpaired) electrons. The van der Waals surface area contributed by atoms with Crippen LogP contribution in [0.5, 0.6) is 0 Å². The maximum absolute atomic E-state index is 12.3. The van der Waals surface area contributed by atoms with Gasteiger partial charge in [-0.05, 0) is 43.9 Å². The number of piperidine rings is 1. The minimum Gasteiger partial charge on any atom is -0.347 e. The number of benzene rings is 1. The molecule has 150 valence electrons. The lowest BCUT2D eigenvalue weighted by Crippen LogP contribution is -2.33. The largest absolute Gasteiger partial charge is 0.347 e. The van der Waals surface area contributed by atoms with Crippen LogP contribution < -0.4 is 20.4 Å². The average molecular weight is 404 g/mol. The van der Waals surface area contributed by atoms with Crippen molar-refractivity contribution in [3.63, 3.8) is 0 Å². The first-order valence-electron chi connectivity index (χ1n) is 9.40. The highest BCUT2D eigenvalue weighted by Gasteiger charge is 2.17. The van der Waals surface area contributed by atoms with Gasteiger partial charge in [-0.3, -0.25) is 0 Å². The zero-order valence-electron chi connectivity index (χ0n) is 16.5. The SMILES string of the molecule is Cc1ccc(NC(=O)NCc2nc(N(C)C)nc(N3CCCCC3)n2)c(Cl)c1. The second-order valence-corrected chi connectivity index (χ2v) is 7.49. The van der Waals surface area contributed by atoms with Crippen molar-refractivity contribution in [1.82, 2.24) is 20.3 Å². The molecule has 0 spiro atoms. The number of anilines is 3. The van der Waals surface area contributed by atoms with Crippen molar-refractivity contribution < 1.29 is 4.79 Å². The molecular formula is C19H26ClN7O. The van der Waals surface area contributed by atoms with Gasteiger partial charge in [0, 0.05) is 27.2 Å². The molecule has 2 heterocycles. The molecule has 1 aliphatic heterocycles. The predicted octanol–water partition coefficient (Wildman–Crippen LogP) is 3.21. The lowest BCUT2D eigenvalue weighted by atomic mass is 10.1. The number of nitrogens with zero attached hydrogens (tertiary/aromatic N) is 5. The number of carbonyl (C=O) groups is 1. The van der Waals surface area contributed by atoms with E-state index in [0.29, 0.717) is 28.4 Å². The third kappa shape index (κ3) is 5.22. The topological polar surface area (TPSA) is 86.3 Å². The molecule has 8 nitrogen and oxygen atoms in total. The number of aryl methyl sites for hydroxylation is 1. The van der Waals surface area contributed by atoms with Crippen molar-refractivity contribution in [1.29, 1.82) is 0 Å². The number of hydrogen-bond donors (Lipinski definition) is 2. The zero-order valence-corrected chi connectivity index (χ0v) is 17.3. The summed E-state index contributed by atoms with van der Waals surface area (Å²) in [6.45, 7) is 4.02. The van der Waals surface area contributed by atoms with Gasteiger partial charge in [-0.1, -0.05) is 17.7 Å². The minimum atomic E-state index is -0.364.